The number of benzene rings is 1. The van der Waals surface area contributed by atoms with Gasteiger partial charge in [0, 0.05) is 36.8 Å². The van der Waals surface area contributed by atoms with Gasteiger partial charge in [0.05, 0.1) is 12.2 Å². The quantitative estimate of drug-likeness (QED) is 0.172. The van der Waals surface area contributed by atoms with Gasteiger partial charge in [-0.1, -0.05) is 0 Å². The fraction of sp³-hybridized carbons (Fsp3) is 0.444. The highest BCUT2D eigenvalue weighted by Gasteiger charge is 2.30. The summed E-state index contributed by atoms with van der Waals surface area (Å²) in [6, 6.07) is 7.51. The number of rotatable bonds is 6. The first-order valence-electron chi connectivity index (χ1n) is 13.4. The molecule has 2 aliphatic heterocycles. The lowest BCUT2D eigenvalue weighted by Crippen LogP contribution is -2.45. The number of aromatic amines is 2. The summed E-state index contributed by atoms with van der Waals surface area (Å²) in [6.45, 7) is 3.74. The molecule has 13 heteroatoms. The highest BCUT2D eigenvalue weighted by atomic mass is 16.3. The standard InChI is InChI=1S/C27H33N7O6/c1-16-12-17-13-18(7-8-21(17)40-16)28-26(32-24(37)20-14-22(35)31-27(39)30-20)29-19-6-2-3-11-34(25(19)38)15-23(36)33-9-4-5-10-33/h7-8,12-14,19,24,37H,2-6,9-11,15H2,1H3,(H2,28,29,32)(H2,30,31,35,39)/t19-,24?/m0/s1. The van der Waals surface area contributed by atoms with Crippen LogP contribution in [0.25, 0.3) is 11.0 Å². The maximum atomic E-state index is 13.5. The summed E-state index contributed by atoms with van der Waals surface area (Å²) in [5.41, 5.74) is -0.215. The number of aliphatic hydroxyl groups is 1. The first-order valence-corrected chi connectivity index (χ1v) is 13.4. The number of furan rings is 1. The van der Waals surface area contributed by atoms with E-state index in [2.05, 4.69) is 25.6 Å². The van der Waals surface area contributed by atoms with Gasteiger partial charge in [-0.15, -0.1) is 0 Å². The molecule has 0 radical (unpaired) electrons. The monoisotopic (exact) mass is 551 g/mol. The number of likely N-dealkylation sites (tertiary alicyclic amines) is 2. The number of amides is 2. The molecule has 4 heterocycles. The Hall–Kier alpha value is -4.39. The third kappa shape index (κ3) is 6.42. The highest BCUT2D eigenvalue weighted by molar-refractivity contribution is 5.98. The molecule has 5 N–H and O–H groups in total. The van der Waals surface area contributed by atoms with Crippen molar-refractivity contribution in [2.24, 2.45) is 4.99 Å². The van der Waals surface area contributed by atoms with E-state index in [-0.39, 0.29) is 30.0 Å². The summed E-state index contributed by atoms with van der Waals surface area (Å²) in [7, 11) is 0. The van der Waals surface area contributed by atoms with Crippen molar-refractivity contribution in [2.75, 3.05) is 31.5 Å². The zero-order valence-electron chi connectivity index (χ0n) is 22.2. The number of carbonyl (C=O) groups is 2. The molecule has 212 valence electrons. The summed E-state index contributed by atoms with van der Waals surface area (Å²) in [5, 5.41) is 17.6. The van der Waals surface area contributed by atoms with Crippen LogP contribution in [0.1, 0.15) is 49.8 Å². The van der Waals surface area contributed by atoms with E-state index in [0.29, 0.717) is 37.3 Å². The number of H-pyrrole nitrogens is 2. The molecule has 1 unspecified atom stereocenters. The molecule has 2 aliphatic rings. The predicted molar refractivity (Wildman–Crippen MR) is 148 cm³/mol. The number of nitrogens with one attached hydrogen (secondary N) is 4. The number of fused-ring (bicyclic) bond motifs is 1. The number of aromatic nitrogens is 2. The van der Waals surface area contributed by atoms with Crippen molar-refractivity contribution in [1.82, 2.24) is 25.1 Å². The molecule has 2 amide bonds. The Morgan fingerprint density at radius 2 is 1.88 bits per heavy atom. The third-order valence-electron chi connectivity index (χ3n) is 7.07. The highest BCUT2D eigenvalue weighted by Crippen LogP contribution is 2.23. The van der Waals surface area contributed by atoms with Crippen LogP contribution in [0.3, 0.4) is 0 Å². The summed E-state index contributed by atoms with van der Waals surface area (Å²) < 4.78 is 5.64. The van der Waals surface area contributed by atoms with Crippen LogP contribution in [-0.2, 0) is 9.59 Å². The number of aliphatic imine (C=N–C) groups is 1. The Balaban J connectivity index is 1.42. The molecule has 13 nitrogen and oxygen atoms in total. The van der Waals surface area contributed by atoms with Crippen molar-refractivity contribution in [2.45, 2.75) is 51.3 Å². The van der Waals surface area contributed by atoms with Gasteiger partial charge in [-0.3, -0.25) is 19.4 Å². The number of anilines is 1. The molecule has 0 bridgehead atoms. The second kappa shape index (κ2) is 11.8. The maximum absolute atomic E-state index is 13.5. The molecule has 2 atom stereocenters. The third-order valence-corrected chi connectivity index (χ3v) is 7.07. The lowest BCUT2D eigenvalue weighted by molar-refractivity contribution is -0.140. The topological polar surface area (TPSA) is 176 Å². The van der Waals surface area contributed by atoms with Gasteiger partial charge in [0.2, 0.25) is 11.8 Å². The van der Waals surface area contributed by atoms with Crippen molar-refractivity contribution in [3.05, 3.63) is 62.6 Å². The maximum Gasteiger partial charge on any atom is 0.326 e. The van der Waals surface area contributed by atoms with Crippen LogP contribution in [0.5, 0.6) is 0 Å². The minimum atomic E-state index is -1.52. The molecule has 2 aromatic heterocycles. The van der Waals surface area contributed by atoms with E-state index in [1.807, 2.05) is 19.1 Å². The van der Waals surface area contributed by atoms with Crippen molar-refractivity contribution in [1.29, 1.82) is 0 Å². The molecular weight excluding hydrogens is 518 g/mol. The molecule has 2 fully saturated rings. The Morgan fingerprint density at radius 1 is 1.10 bits per heavy atom. The molecule has 1 aromatic carbocycles. The number of hydrogen-bond acceptors (Lipinski definition) is 7. The van der Waals surface area contributed by atoms with E-state index in [1.165, 1.54) is 0 Å². The number of carbonyl (C=O) groups excluding carboxylic acids is 2. The summed E-state index contributed by atoms with van der Waals surface area (Å²) in [5.74, 6) is 0.468. The Kier molecular flexibility index (Phi) is 8.01. The fourth-order valence-electron chi connectivity index (χ4n) is 5.09. The largest absolute Gasteiger partial charge is 0.461 e. The van der Waals surface area contributed by atoms with E-state index in [4.69, 9.17) is 4.42 Å². The van der Waals surface area contributed by atoms with E-state index in [1.54, 1.807) is 21.9 Å². The van der Waals surface area contributed by atoms with Crippen molar-refractivity contribution < 1.29 is 19.1 Å². The smallest absolute Gasteiger partial charge is 0.326 e. The molecule has 0 saturated carbocycles. The van der Waals surface area contributed by atoms with Gasteiger partial charge in [-0.2, -0.15) is 0 Å². The summed E-state index contributed by atoms with van der Waals surface area (Å²) in [6.07, 6.45) is 2.35. The lowest BCUT2D eigenvalue weighted by Gasteiger charge is -2.26. The minimum Gasteiger partial charge on any atom is -0.461 e. The number of aliphatic hydroxyl groups excluding tert-OH is 1. The first-order chi connectivity index (χ1) is 19.2. The number of nitrogens with zero attached hydrogens (tertiary/aromatic N) is 3. The van der Waals surface area contributed by atoms with E-state index in [9.17, 15) is 24.3 Å². The Bertz CT molecular complexity index is 1510. The van der Waals surface area contributed by atoms with Gasteiger partial charge in [0.25, 0.3) is 5.56 Å². The lowest BCUT2D eigenvalue weighted by atomic mass is 10.1. The van der Waals surface area contributed by atoms with Crippen LogP contribution in [-0.4, -0.2) is 74.9 Å². The second-order valence-electron chi connectivity index (χ2n) is 10.2. The molecule has 0 aliphatic carbocycles. The van der Waals surface area contributed by atoms with E-state index in [0.717, 1.165) is 42.9 Å². The van der Waals surface area contributed by atoms with E-state index >= 15 is 0 Å². The van der Waals surface area contributed by atoms with Gasteiger partial charge in [0.15, 0.2) is 12.2 Å². The van der Waals surface area contributed by atoms with Gasteiger partial charge in [-0.25, -0.2) is 9.79 Å². The second-order valence-corrected chi connectivity index (χ2v) is 10.2. The number of guanidine groups is 1. The van der Waals surface area contributed by atoms with Crippen LogP contribution >= 0.6 is 0 Å². The minimum absolute atomic E-state index is 0.00814. The zero-order valence-corrected chi connectivity index (χ0v) is 22.2. The van der Waals surface area contributed by atoms with Crippen LogP contribution in [0, 0.1) is 6.92 Å². The summed E-state index contributed by atoms with van der Waals surface area (Å²) >= 11 is 0. The van der Waals surface area contributed by atoms with Crippen molar-refractivity contribution in [3.8, 4) is 0 Å². The average Bonchev–Trinajstić information content (AvgIpc) is 3.54. The molecule has 40 heavy (non-hydrogen) atoms. The normalized spacial score (nSPS) is 19.1. The van der Waals surface area contributed by atoms with Crippen LogP contribution < -0.4 is 21.9 Å². The number of hydrogen-bond donors (Lipinski definition) is 5. The average molecular weight is 552 g/mol. The zero-order chi connectivity index (χ0) is 28.2. The van der Waals surface area contributed by atoms with Crippen LogP contribution in [0.15, 0.2) is 49.3 Å². The van der Waals surface area contributed by atoms with Gasteiger partial charge < -0.3 is 34.9 Å². The molecule has 2 saturated heterocycles. The summed E-state index contributed by atoms with van der Waals surface area (Å²) in [4.78, 5) is 62.3. The first kappa shape index (κ1) is 27.2. The SMILES string of the molecule is Cc1cc2cc(NC(=N[C@H]3CCCCN(CC(=O)N4CCCC4)C3=O)NC(O)c3cc(=O)[nH]c(=O)[nH]3)ccc2o1. The molecule has 3 aromatic rings. The number of aryl methyl sites for hydroxylation is 1. The van der Waals surface area contributed by atoms with Gasteiger partial charge in [0.1, 0.15) is 17.4 Å². The van der Waals surface area contributed by atoms with E-state index < -0.39 is 23.5 Å². The van der Waals surface area contributed by atoms with Crippen LogP contribution in [0.2, 0.25) is 0 Å². The predicted octanol–water partition coefficient (Wildman–Crippen LogP) is 1.17. The van der Waals surface area contributed by atoms with Crippen molar-refractivity contribution >= 4 is 34.4 Å². The fourth-order valence-corrected chi connectivity index (χ4v) is 5.09. The molecule has 5 rings (SSSR count). The van der Waals surface area contributed by atoms with Crippen molar-refractivity contribution in [3.63, 3.8) is 0 Å². The Morgan fingerprint density at radius 3 is 2.65 bits per heavy atom. The molecular formula is C27H33N7O6. The van der Waals surface area contributed by atoms with Gasteiger partial charge >= 0.3 is 5.69 Å². The Labute approximate surface area is 229 Å². The van der Waals surface area contributed by atoms with Crippen LogP contribution in [0.4, 0.5) is 5.69 Å². The molecule has 0 spiro atoms. The van der Waals surface area contributed by atoms with Gasteiger partial charge in [-0.05, 0) is 63.3 Å².